The molecule has 1 unspecified atom stereocenters. The third kappa shape index (κ3) is 4.17. The topological polar surface area (TPSA) is 20.3 Å². The lowest BCUT2D eigenvalue weighted by Gasteiger charge is -2.30. The number of hydrogen-bond donors (Lipinski definition) is 0. The van der Waals surface area contributed by atoms with Crippen LogP contribution in [0.2, 0.25) is 0 Å². The SMILES string of the molecule is CCc1ccc(C(CC(C)=O)N2CCCCCC2)cc1. The molecule has 0 saturated carbocycles. The number of nitrogens with zero attached hydrogens (tertiary/aromatic N) is 1. The lowest BCUT2D eigenvalue weighted by Crippen LogP contribution is -2.31. The highest BCUT2D eigenvalue weighted by Gasteiger charge is 2.22. The summed E-state index contributed by atoms with van der Waals surface area (Å²) >= 11 is 0. The van der Waals surface area contributed by atoms with Crippen molar-refractivity contribution in [2.24, 2.45) is 0 Å². The first kappa shape index (κ1) is 15.2. The second kappa shape index (κ2) is 7.58. The molecule has 0 aliphatic carbocycles. The third-order valence-electron chi connectivity index (χ3n) is 4.33. The highest BCUT2D eigenvalue weighted by Crippen LogP contribution is 2.27. The maximum Gasteiger partial charge on any atom is 0.131 e. The highest BCUT2D eigenvalue weighted by molar-refractivity contribution is 5.76. The Morgan fingerprint density at radius 3 is 2.20 bits per heavy atom. The van der Waals surface area contributed by atoms with Crippen molar-refractivity contribution >= 4 is 5.78 Å². The Morgan fingerprint density at radius 1 is 1.10 bits per heavy atom. The lowest BCUT2D eigenvalue weighted by molar-refractivity contribution is -0.118. The van der Waals surface area contributed by atoms with Crippen LogP contribution in [0.25, 0.3) is 0 Å². The van der Waals surface area contributed by atoms with Gasteiger partial charge in [0.25, 0.3) is 0 Å². The minimum atomic E-state index is 0.275. The van der Waals surface area contributed by atoms with Gasteiger partial charge in [0.05, 0.1) is 0 Å². The van der Waals surface area contributed by atoms with Crippen molar-refractivity contribution in [1.29, 1.82) is 0 Å². The molecule has 1 saturated heterocycles. The average Bonchev–Trinajstić information content (AvgIpc) is 2.74. The van der Waals surface area contributed by atoms with E-state index in [4.69, 9.17) is 0 Å². The fraction of sp³-hybridized carbons (Fsp3) is 0.611. The van der Waals surface area contributed by atoms with E-state index in [0.717, 1.165) is 19.5 Å². The summed E-state index contributed by atoms with van der Waals surface area (Å²) in [6.07, 6.45) is 6.91. The molecule has 1 aliphatic heterocycles. The number of rotatable bonds is 5. The Hall–Kier alpha value is -1.15. The van der Waals surface area contributed by atoms with Gasteiger partial charge in [-0.05, 0) is 50.4 Å². The molecule has 1 aromatic carbocycles. The van der Waals surface area contributed by atoms with E-state index in [1.807, 2.05) is 0 Å². The minimum Gasteiger partial charge on any atom is -0.300 e. The third-order valence-corrected chi connectivity index (χ3v) is 4.33. The van der Waals surface area contributed by atoms with Crippen molar-refractivity contribution in [2.75, 3.05) is 13.1 Å². The Labute approximate surface area is 123 Å². The van der Waals surface area contributed by atoms with Gasteiger partial charge in [-0.25, -0.2) is 0 Å². The molecule has 1 fully saturated rings. The van der Waals surface area contributed by atoms with Crippen molar-refractivity contribution in [3.05, 3.63) is 35.4 Å². The van der Waals surface area contributed by atoms with Crippen LogP contribution in [0.4, 0.5) is 0 Å². The van der Waals surface area contributed by atoms with E-state index in [-0.39, 0.29) is 6.04 Å². The molecule has 2 heteroatoms. The smallest absolute Gasteiger partial charge is 0.131 e. The van der Waals surface area contributed by atoms with Crippen LogP contribution in [0.1, 0.15) is 63.1 Å². The zero-order valence-corrected chi connectivity index (χ0v) is 12.9. The first-order chi connectivity index (χ1) is 9.70. The quantitative estimate of drug-likeness (QED) is 0.803. The van der Waals surface area contributed by atoms with Crippen molar-refractivity contribution in [2.45, 2.75) is 58.4 Å². The van der Waals surface area contributed by atoms with Crippen LogP contribution in [0, 0.1) is 0 Å². The fourth-order valence-electron chi connectivity index (χ4n) is 3.11. The zero-order chi connectivity index (χ0) is 14.4. The summed E-state index contributed by atoms with van der Waals surface area (Å²) < 4.78 is 0. The summed E-state index contributed by atoms with van der Waals surface area (Å²) in [4.78, 5) is 14.2. The van der Waals surface area contributed by atoms with E-state index in [2.05, 4.69) is 36.1 Å². The number of hydrogen-bond acceptors (Lipinski definition) is 2. The summed E-state index contributed by atoms with van der Waals surface area (Å²) in [5, 5.41) is 0. The van der Waals surface area contributed by atoms with Gasteiger partial charge in [0, 0.05) is 12.5 Å². The molecule has 2 nitrogen and oxygen atoms in total. The molecule has 2 rings (SSSR count). The summed E-state index contributed by atoms with van der Waals surface area (Å²) in [6, 6.07) is 9.13. The van der Waals surface area contributed by atoms with Crippen LogP contribution in [0.3, 0.4) is 0 Å². The van der Waals surface area contributed by atoms with Crippen LogP contribution >= 0.6 is 0 Å². The van der Waals surface area contributed by atoms with Gasteiger partial charge in [0.15, 0.2) is 0 Å². The van der Waals surface area contributed by atoms with Gasteiger partial charge < -0.3 is 0 Å². The van der Waals surface area contributed by atoms with E-state index in [1.165, 1.54) is 36.8 Å². The molecular formula is C18H27NO. The van der Waals surface area contributed by atoms with Crippen molar-refractivity contribution in [1.82, 2.24) is 4.90 Å². The van der Waals surface area contributed by atoms with E-state index in [9.17, 15) is 4.79 Å². The maximum atomic E-state index is 11.7. The molecule has 1 atom stereocenters. The predicted molar refractivity (Wildman–Crippen MR) is 83.9 cm³/mol. The van der Waals surface area contributed by atoms with Crippen LogP contribution in [-0.2, 0) is 11.2 Å². The van der Waals surface area contributed by atoms with E-state index in [1.54, 1.807) is 6.92 Å². The summed E-state index contributed by atoms with van der Waals surface area (Å²) in [5.74, 6) is 0.291. The first-order valence-corrected chi connectivity index (χ1v) is 8.03. The predicted octanol–water partition coefficient (Wildman–Crippen LogP) is 4.15. The van der Waals surface area contributed by atoms with Crippen LogP contribution < -0.4 is 0 Å². The number of aryl methyl sites for hydroxylation is 1. The van der Waals surface area contributed by atoms with E-state index >= 15 is 0 Å². The molecule has 0 spiro atoms. The highest BCUT2D eigenvalue weighted by atomic mass is 16.1. The number of benzene rings is 1. The molecule has 0 radical (unpaired) electrons. The van der Waals surface area contributed by atoms with E-state index in [0.29, 0.717) is 12.2 Å². The van der Waals surface area contributed by atoms with Gasteiger partial charge in [0.1, 0.15) is 5.78 Å². The molecule has 0 N–H and O–H groups in total. The van der Waals surface area contributed by atoms with Crippen molar-refractivity contribution in [3.63, 3.8) is 0 Å². The standard InChI is InChI=1S/C18H27NO/c1-3-16-8-10-17(11-9-16)18(14-15(2)20)19-12-6-4-5-7-13-19/h8-11,18H,3-7,12-14H2,1-2H3. The second-order valence-electron chi connectivity index (χ2n) is 5.97. The first-order valence-electron chi connectivity index (χ1n) is 8.03. The molecule has 0 bridgehead atoms. The van der Waals surface area contributed by atoms with E-state index < -0.39 is 0 Å². The summed E-state index contributed by atoms with van der Waals surface area (Å²) in [5.41, 5.74) is 2.67. The van der Waals surface area contributed by atoms with Gasteiger partial charge >= 0.3 is 0 Å². The molecule has 1 aromatic rings. The molecule has 0 aromatic heterocycles. The lowest BCUT2D eigenvalue weighted by atomic mass is 9.98. The maximum absolute atomic E-state index is 11.7. The van der Waals surface area contributed by atoms with Gasteiger partial charge in [-0.1, -0.05) is 44.0 Å². The average molecular weight is 273 g/mol. The monoisotopic (exact) mass is 273 g/mol. The molecule has 1 aliphatic rings. The number of carbonyl (C=O) groups excluding carboxylic acids is 1. The van der Waals surface area contributed by atoms with Crippen LogP contribution in [0.5, 0.6) is 0 Å². The largest absolute Gasteiger partial charge is 0.300 e. The molecule has 1 heterocycles. The zero-order valence-electron chi connectivity index (χ0n) is 12.9. The Balaban J connectivity index is 2.18. The Morgan fingerprint density at radius 2 is 1.70 bits per heavy atom. The number of ketones is 1. The number of likely N-dealkylation sites (tertiary alicyclic amines) is 1. The normalized spacial score (nSPS) is 18.5. The van der Waals surface area contributed by atoms with Crippen molar-refractivity contribution < 1.29 is 4.79 Å². The molecular weight excluding hydrogens is 246 g/mol. The van der Waals surface area contributed by atoms with Crippen LogP contribution in [0.15, 0.2) is 24.3 Å². The van der Waals surface area contributed by atoms with Gasteiger partial charge in [-0.2, -0.15) is 0 Å². The molecule has 0 amide bonds. The van der Waals surface area contributed by atoms with Gasteiger partial charge in [0.2, 0.25) is 0 Å². The van der Waals surface area contributed by atoms with Gasteiger partial charge in [-0.3, -0.25) is 9.69 Å². The summed E-state index contributed by atoms with van der Waals surface area (Å²) in [7, 11) is 0. The second-order valence-corrected chi connectivity index (χ2v) is 5.97. The Bertz CT molecular complexity index is 416. The molecule has 110 valence electrons. The fourth-order valence-corrected chi connectivity index (χ4v) is 3.11. The minimum absolute atomic E-state index is 0.275. The Kier molecular flexibility index (Phi) is 5.78. The number of carbonyl (C=O) groups is 1. The van der Waals surface area contributed by atoms with Crippen LogP contribution in [-0.4, -0.2) is 23.8 Å². The van der Waals surface area contributed by atoms with Crippen molar-refractivity contribution in [3.8, 4) is 0 Å². The molecule has 20 heavy (non-hydrogen) atoms. The number of Topliss-reactive ketones (excluding diaryl/α,β-unsaturated/α-hetero) is 1. The van der Waals surface area contributed by atoms with Gasteiger partial charge in [-0.15, -0.1) is 0 Å². The summed E-state index contributed by atoms with van der Waals surface area (Å²) in [6.45, 7) is 6.16.